The van der Waals surface area contributed by atoms with Gasteiger partial charge in [0.15, 0.2) is 17.5 Å². The van der Waals surface area contributed by atoms with E-state index in [0.29, 0.717) is 11.8 Å². The third-order valence-corrected chi connectivity index (χ3v) is 6.19. The van der Waals surface area contributed by atoms with Crippen molar-refractivity contribution in [1.29, 1.82) is 0 Å². The summed E-state index contributed by atoms with van der Waals surface area (Å²) in [5.41, 5.74) is 1.04. The molecule has 0 heterocycles. The summed E-state index contributed by atoms with van der Waals surface area (Å²) in [4.78, 5) is 0. The molecule has 1 aliphatic rings. The highest BCUT2D eigenvalue weighted by molar-refractivity contribution is 5.44. The van der Waals surface area contributed by atoms with E-state index >= 15 is 0 Å². The zero-order valence-electron chi connectivity index (χ0n) is 16.9. The van der Waals surface area contributed by atoms with E-state index in [-0.39, 0.29) is 11.1 Å². The van der Waals surface area contributed by atoms with Gasteiger partial charge in [0.2, 0.25) is 0 Å². The predicted molar refractivity (Wildman–Crippen MR) is 107 cm³/mol. The van der Waals surface area contributed by atoms with Gasteiger partial charge in [0, 0.05) is 5.56 Å². The zero-order chi connectivity index (χ0) is 21.0. The quantitative estimate of drug-likeness (QED) is 0.292. The van der Waals surface area contributed by atoms with Crippen molar-refractivity contribution in [3.05, 3.63) is 70.3 Å². The Morgan fingerprint density at radius 3 is 2.14 bits per heavy atom. The van der Waals surface area contributed by atoms with Crippen LogP contribution in [0.3, 0.4) is 0 Å². The molecule has 3 rings (SSSR count). The summed E-state index contributed by atoms with van der Waals surface area (Å²) in [6.45, 7) is 4.49. The Balaban J connectivity index is 1.67. The van der Waals surface area contributed by atoms with E-state index in [1.807, 2.05) is 6.07 Å². The molecule has 1 atom stereocenters. The molecule has 0 saturated heterocycles. The molecule has 0 radical (unpaired) electrons. The summed E-state index contributed by atoms with van der Waals surface area (Å²) >= 11 is 0. The van der Waals surface area contributed by atoms with Crippen molar-refractivity contribution in [2.45, 2.75) is 52.4 Å². The minimum Gasteiger partial charge on any atom is -0.206 e. The zero-order valence-corrected chi connectivity index (χ0v) is 16.9. The van der Waals surface area contributed by atoms with Gasteiger partial charge in [-0.3, -0.25) is 0 Å². The summed E-state index contributed by atoms with van der Waals surface area (Å²) in [7, 11) is 0. The van der Waals surface area contributed by atoms with Gasteiger partial charge in [-0.1, -0.05) is 51.0 Å². The molecule has 0 amide bonds. The van der Waals surface area contributed by atoms with Gasteiger partial charge in [0.05, 0.1) is 5.56 Å². The van der Waals surface area contributed by atoms with Gasteiger partial charge in [0.1, 0.15) is 5.82 Å². The first-order valence-electron chi connectivity index (χ1n) is 10.3. The lowest BCUT2D eigenvalue weighted by Gasteiger charge is -2.32. The minimum absolute atomic E-state index is 0.0406. The fraction of sp³-hybridized carbons (Fsp3) is 0.440. The molecule has 0 aliphatic heterocycles. The first-order valence-corrected chi connectivity index (χ1v) is 10.3. The molecule has 0 bridgehead atoms. The first kappa shape index (κ1) is 21.4. The second-order valence-electron chi connectivity index (χ2n) is 8.19. The van der Waals surface area contributed by atoms with E-state index in [4.69, 9.17) is 0 Å². The average Bonchev–Trinajstić information content (AvgIpc) is 2.71. The normalized spacial score (nSPS) is 20.1. The van der Waals surface area contributed by atoms with Crippen LogP contribution in [0.5, 0.6) is 0 Å². The number of benzene rings is 2. The van der Waals surface area contributed by atoms with Gasteiger partial charge in [-0.05, 0) is 66.8 Å². The molecular formula is C25H26F4. The molecular weight excluding hydrogens is 376 g/mol. The molecule has 0 aromatic heterocycles. The van der Waals surface area contributed by atoms with Crippen LogP contribution in [0.2, 0.25) is 0 Å². The number of rotatable bonds is 4. The molecule has 0 N–H and O–H groups in total. The predicted octanol–water partition coefficient (Wildman–Crippen LogP) is 7.04. The van der Waals surface area contributed by atoms with Crippen LogP contribution >= 0.6 is 0 Å². The SMILES string of the molecule is CCC1CCC(C(C)Cc2ccc(C#Cc3cc(F)c(F)c(F)c3)c(F)c2)CC1. The Hall–Kier alpha value is -2.28. The summed E-state index contributed by atoms with van der Waals surface area (Å²) in [5.74, 6) is 2.49. The van der Waals surface area contributed by atoms with Crippen molar-refractivity contribution in [3.63, 3.8) is 0 Å². The van der Waals surface area contributed by atoms with E-state index in [1.165, 1.54) is 38.2 Å². The molecule has 154 valence electrons. The Labute approximate surface area is 170 Å². The molecule has 29 heavy (non-hydrogen) atoms. The van der Waals surface area contributed by atoms with Gasteiger partial charge in [-0.2, -0.15) is 0 Å². The third kappa shape index (κ3) is 5.41. The third-order valence-electron chi connectivity index (χ3n) is 6.19. The highest BCUT2D eigenvalue weighted by Crippen LogP contribution is 2.36. The van der Waals surface area contributed by atoms with Crippen LogP contribution in [0.4, 0.5) is 17.6 Å². The molecule has 2 aromatic carbocycles. The molecule has 2 aromatic rings. The van der Waals surface area contributed by atoms with Gasteiger partial charge >= 0.3 is 0 Å². The van der Waals surface area contributed by atoms with Crippen molar-refractivity contribution in [1.82, 2.24) is 0 Å². The van der Waals surface area contributed by atoms with Crippen LogP contribution in [-0.4, -0.2) is 0 Å². The molecule has 1 aliphatic carbocycles. The molecule has 1 fully saturated rings. The van der Waals surface area contributed by atoms with E-state index in [9.17, 15) is 17.6 Å². The number of hydrogen-bond donors (Lipinski definition) is 0. The highest BCUT2D eigenvalue weighted by atomic mass is 19.2. The molecule has 0 nitrogen and oxygen atoms in total. The lowest BCUT2D eigenvalue weighted by molar-refractivity contribution is 0.210. The van der Waals surface area contributed by atoms with Crippen LogP contribution in [0.25, 0.3) is 0 Å². The maximum atomic E-state index is 14.5. The fourth-order valence-corrected chi connectivity index (χ4v) is 4.26. The van der Waals surface area contributed by atoms with Crippen LogP contribution in [0.15, 0.2) is 30.3 Å². The Bertz CT molecular complexity index is 891. The van der Waals surface area contributed by atoms with E-state index in [0.717, 1.165) is 30.0 Å². The van der Waals surface area contributed by atoms with Crippen molar-refractivity contribution < 1.29 is 17.6 Å². The Kier molecular flexibility index (Phi) is 7.00. The first-order chi connectivity index (χ1) is 13.9. The molecule has 4 heteroatoms. The summed E-state index contributed by atoms with van der Waals surface area (Å²) in [6, 6.07) is 6.53. The maximum absolute atomic E-state index is 14.5. The maximum Gasteiger partial charge on any atom is 0.194 e. The summed E-state index contributed by atoms with van der Waals surface area (Å²) < 4.78 is 54.0. The largest absolute Gasteiger partial charge is 0.206 e. The summed E-state index contributed by atoms with van der Waals surface area (Å²) in [5, 5.41) is 0. The average molecular weight is 402 g/mol. The fourth-order valence-electron chi connectivity index (χ4n) is 4.26. The van der Waals surface area contributed by atoms with Crippen molar-refractivity contribution in [2.75, 3.05) is 0 Å². The van der Waals surface area contributed by atoms with Gasteiger partial charge in [-0.25, -0.2) is 17.6 Å². The van der Waals surface area contributed by atoms with Gasteiger partial charge in [-0.15, -0.1) is 0 Å². The number of halogens is 4. The van der Waals surface area contributed by atoms with Crippen molar-refractivity contribution >= 4 is 0 Å². The summed E-state index contributed by atoms with van der Waals surface area (Å²) in [6.07, 6.45) is 7.15. The van der Waals surface area contributed by atoms with Crippen molar-refractivity contribution in [2.24, 2.45) is 17.8 Å². The van der Waals surface area contributed by atoms with Gasteiger partial charge < -0.3 is 0 Å². The molecule has 0 spiro atoms. The van der Waals surface area contributed by atoms with E-state index in [1.54, 1.807) is 6.07 Å². The second kappa shape index (κ2) is 9.48. The van der Waals surface area contributed by atoms with Crippen molar-refractivity contribution in [3.8, 4) is 11.8 Å². The molecule has 1 unspecified atom stereocenters. The van der Waals surface area contributed by atoms with E-state index in [2.05, 4.69) is 25.7 Å². The lowest BCUT2D eigenvalue weighted by Crippen LogP contribution is -2.21. The monoisotopic (exact) mass is 402 g/mol. The smallest absolute Gasteiger partial charge is 0.194 e. The van der Waals surface area contributed by atoms with Crippen LogP contribution < -0.4 is 0 Å². The van der Waals surface area contributed by atoms with Crippen LogP contribution in [0.1, 0.15) is 62.6 Å². The van der Waals surface area contributed by atoms with Crippen LogP contribution in [0, 0.1) is 52.9 Å². The Morgan fingerprint density at radius 1 is 0.897 bits per heavy atom. The standard InChI is InChI=1S/C25H26F4/c1-3-17-4-8-20(9-5-17)16(2)12-18-6-10-21(22(26)13-18)11-7-19-14-23(27)25(29)24(28)15-19/h6,10,13-17,20H,3-5,8-9,12H2,1-2H3. The highest BCUT2D eigenvalue weighted by Gasteiger charge is 2.24. The molecule has 1 saturated carbocycles. The van der Waals surface area contributed by atoms with Gasteiger partial charge in [0.25, 0.3) is 0 Å². The Morgan fingerprint density at radius 2 is 1.55 bits per heavy atom. The number of hydrogen-bond acceptors (Lipinski definition) is 0. The van der Waals surface area contributed by atoms with E-state index < -0.39 is 23.3 Å². The minimum atomic E-state index is -1.54. The lowest BCUT2D eigenvalue weighted by atomic mass is 9.74. The topological polar surface area (TPSA) is 0 Å². The van der Waals surface area contributed by atoms with Crippen LogP contribution in [-0.2, 0) is 6.42 Å². The second-order valence-corrected chi connectivity index (χ2v) is 8.19.